The summed E-state index contributed by atoms with van der Waals surface area (Å²) in [6, 6.07) is 6.55. The summed E-state index contributed by atoms with van der Waals surface area (Å²) in [6.45, 7) is 10.6. The molecule has 0 saturated heterocycles. The number of hydrogen-bond donors (Lipinski definition) is 1. The minimum absolute atomic E-state index is 0.899. The molecular weight excluding hydrogens is 246 g/mol. The Labute approximate surface area is 122 Å². The van der Waals surface area contributed by atoms with E-state index < -0.39 is 0 Å². The number of hydrogen-bond acceptors (Lipinski definition) is 2. The van der Waals surface area contributed by atoms with E-state index in [2.05, 4.69) is 56.3 Å². The Kier molecular flexibility index (Phi) is 4.96. The number of aryl methyl sites for hydroxylation is 2. The highest BCUT2D eigenvalue weighted by Gasteiger charge is 2.08. The number of nitrogens with one attached hydrogen (secondary N) is 1. The lowest BCUT2D eigenvalue weighted by atomic mass is 10.1. The first-order valence-corrected chi connectivity index (χ1v) is 7.44. The van der Waals surface area contributed by atoms with Crippen LogP contribution in [-0.2, 0) is 6.54 Å². The van der Waals surface area contributed by atoms with Crippen molar-refractivity contribution in [2.45, 2.75) is 47.1 Å². The van der Waals surface area contributed by atoms with Crippen LogP contribution in [0.3, 0.4) is 0 Å². The topological polar surface area (TPSA) is 29.9 Å². The zero-order chi connectivity index (χ0) is 14.5. The maximum atomic E-state index is 4.54. The van der Waals surface area contributed by atoms with Gasteiger partial charge in [0.05, 0.1) is 11.9 Å². The summed E-state index contributed by atoms with van der Waals surface area (Å²) in [7, 11) is 0. The van der Waals surface area contributed by atoms with Gasteiger partial charge in [-0.3, -0.25) is 0 Å². The Balaban J connectivity index is 2.15. The lowest BCUT2D eigenvalue weighted by Gasteiger charge is -2.08. The highest BCUT2D eigenvalue weighted by atomic mass is 15.3. The molecular formula is C17H25N3. The van der Waals surface area contributed by atoms with Crippen LogP contribution in [0.1, 0.15) is 42.1 Å². The lowest BCUT2D eigenvalue weighted by Crippen LogP contribution is -2.15. The molecule has 1 aromatic carbocycles. The largest absolute Gasteiger partial charge is 0.313 e. The van der Waals surface area contributed by atoms with Gasteiger partial charge in [-0.15, -0.1) is 0 Å². The van der Waals surface area contributed by atoms with Gasteiger partial charge in [-0.05, 0) is 57.0 Å². The first-order valence-electron chi connectivity index (χ1n) is 7.44. The van der Waals surface area contributed by atoms with Gasteiger partial charge in [0.1, 0.15) is 0 Å². The van der Waals surface area contributed by atoms with Crippen molar-refractivity contribution in [1.29, 1.82) is 0 Å². The Morgan fingerprint density at radius 2 is 1.80 bits per heavy atom. The van der Waals surface area contributed by atoms with E-state index in [1.165, 1.54) is 35.2 Å². The third kappa shape index (κ3) is 3.48. The molecule has 2 rings (SSSR count). The second-order valence-electron chi connectivity index (χ2n) is 5.54. The monoisotopic (exact) mass is 271 g/mol. The molecule has 3 nitrogen and oxygen atoms in total. The molecule has 0 saturated carbocycles. The Hall–Kier alpha value is -1.61. The maximum Gasteiger partial charge on any atom is 0.0654 e. The van der Waals surface area contributed by atoms with Gasteiger partial charge in [-0.1, -0.05) is 19.4 Å². The van der Waals surface area contributed by atoms with E-state index in [0.717, 1.165) is 18.8 Å². The normalized spacial score (nSPS) is 11.0. The number of benzene rings is 1. The Morgan fingerprint density at radius 3 is 2.45 bits per heavy atom. The molecule has 0 aliphatic rings. The van der Waals surface area contributed by atoms with Gasteiger partial charge in [0.2, 0.25) is 0 Å². The number of unbranched alkanes of at least 4 members (excludes halogenated alkanes) is 1. The van der Waals surface area contributed by atoms with Crippen molar-refractivity contribution in [3.8, 4) is 5.69 Å². The van der Waals surface area contributed by atoms with Gasteiger partial charge < -0.3 is 5.32 Å². The second kappa shape index (κ2) is 6.71. The fraction of sp³-hybridized carbons (Fsp3) is 0.471. The van der Waals surface area contributed by atoms with Gasteiger partial charge in [0.25, 0.3) is 0 Å². The molecule has 1 N–H and O–H groups in total. The molecule has 1 heterocycles. The lowest BCUT2D eigenvalue weighted by molar-refractivity contribution is 0.639. The summed E-state index contributed by atoms with van der Waals surface area (Å²) >= 11 is 0. The molecule has 0 bridgehead atoms. The fourth-order valence-corrected chi connectivity index (χ4v) is 2.48. The summed E-state index contributed by atoms with van der Waals surface area (Å²) in [6.07, 6.45) is 4.43. The van der Waals surface area contributed by atoms with Crippen molar-refractivity contribution in [2.75, 3.05) is 6.54 Å². The molecule has 3 heteroatoms. The van der Waals surface area contributed by atoms with Crippen LogP contribution in [0.5, 0.6) is 0 Å². The van der Waals surface area contributed by atoms with E-state index in [4.69, 9.17) is 0 Å². The first kappa shape index (κ1) is 14.8. The minimum atomic E-state index is 0.899. The van der Waals surface area contributed by atoms with Crippen LogP contribution in [0.25, 0.3) is 5.69 Å². The maximum absolute atomic E-state index is 4.54. The molecule has 0 radical (unpaired) electrons. The Morgan fingerprint density at radius 1 is 1.10 bits per heavy atom. The van der Waals surface area contributed by atoms with Crippen molar-refractivity contribution in [3.63, 3.8) is 0 Å². The molecule has 20 heavy (non-hydrogen) atoms. The molecule has 108 valence electrons. The van der Waals surface area contributed by atoms with Crippen molar-refractivity contribution >= 4 is 0 Å². The zero-order valence-corrected chi connectivity index (χ0v) is 13.0. The quantitative estimate of drug-likeness (QED) is 0.812. The summed E-state index contributed by atoms with van der Waals surface area (Å²) in [5.41, 5.74) is 6.20. The highest BCUT2D eigenvalue weighted by molar-refractivity contribution is 5.40. The summed E-state index contributed by atoms with van der Waals surface area (Å²) < 4.78 is 2.04. The molecule has 0 spiro atoms. The standard InChI is InChI=1S/C17H25N3/c1-5-6-7-18-11-16-12-19-20(15(16)4)17-9-13(2)8-14(3)10-17/h8-10,12,18H,5-7,11H2,1-4H3. The average Bonchev–Trinajstić information content (AvgIpc) is 2.75. The molecule has 0 amide bonds. The molecule has 0 aliphatic heterocycles. The Bertz CT molecular complexity index is 549. The molecule has 2 aromatic rings. The molecule has 1 aromatic heterocycles. The zero-order valence-electron chi connectivity index (χ0n) is 13.0. The van der Waals surface area contributed by atoms with E-state index >= 15 is 0 Å². The molecule has 0 aliphatic carbocycles. The van der Waals surface area contributed by atoms with Gasteiger partial charge in [-0.25, -0.2) is 4.68 Å². The number of rotatable bonds is 6. The van der Waals surface area contributed by atoms with Crippen LogP contribution in [0.2, 0.25) is 0 Å². The average molecular weight is 271 g/mol. The van der Waals surface area contributed by atoms with Crippen LogP contribution in [-0.4, -0.2) is 16.3 Å². The van der Waals surface area contributed by atoms with E-state index in [0.29, 0.717) is 0 Å². The van der Waals surface area contributed by atoms with Gasteiger partial charge in [0, 0.05) is 17.8 Å². The van der Waals surface area contributed by atoms with Gasteiger partial charge >= 0.3 is 0 Å². The van der Waals surface area contributed by atoms with E-state index in [1.807, 2.05) is 10.9 Å². The first-order chi connectivity index (χ1) is 9.61. The van der Waals surface area contributed by atoms with E-state index in [9.17, 15) is 0 Å². The summed E-state index contributed by atoms with van der Waals surface area (Å²) in [5.74, 6) is 0. The van der Waals surface area contributed by atoms with Crippen molar-refractivity contribution < 1.29 is 0 Å². The van der Waals surface area contributed by atoms with Crippen molar-refractivity contribution in [3.05, 3.63) is 46.8 Å². The summed E-state index contributed by atoms with van der Waals surface area (Å²) in [4.78, 5) is 0. The highest BCUT2D eigenvalue weighted by Crippen LogP contribution is 2.17. The van der Waals surface area contributed by atoms with Crippen LogP contribution >= 0.6 is 0 Å². The molecule has 0 fully saturated rings. The number of aromatic nitrogens is 2. The van der Waals surface area contributed by atoms with Crippen molar-refractivity contribution in [2.24, 2.45) is 0 Å². The van der Waals surface area contributed by atoms with Crippen LogP contribution in [0.15, 0.2) is 24.4 Å². The predicted molar refractivity (Wildman–Crippen MR) is 84.4 cm³/mol. The van der Waals surface area contributed by atoms with Crippen LogP contribution < -0.4 is 5.32 Å². The van der Waals surface area contributed by atoms with Crippen LogP contribution in [0, 0.1) is 20.8 Å². The van der Waals surface area contributed by atoms with Crippen LogP contribution in [0.4, 0.5) is 0 Å². The fourth-order valence-electron chi connectivity index (χ4n) is 2.48. The minimum Gasteiger partial charge on any atom is -0.313 e. The number of nitrogens with zero attached hydrogens (tertiary/aromatic N) is 2. The smallest absolute Gasteiger partial charge is 0.0654 e. The second-order valence-corrected chi connectivity index (χ2v) is 5.54. The predicted octanol–water partition coefficient (Wildman–Crippen LogP) is 3.69. The third-order valence-electron chi connectivity index (χ3n) is 3.59. The van der Waals surface area contributed by atoms with Crippen molar-refractivity contribution in [1.82, 2.24) is 15.1 Å². The molecule has 0 atom stereocenters. The summed E-state index contributed by atoms with van der Waals surface area (Å²) in [5, 5.41) is 8.02. The third-order valence-corrected chi connectivity index (χ3v) is 3.59. The van der Waals surface area contributed by atoms with Gasteiger partial charge in [0.15, 0.2) is 0 Å². The van der Waals surface area contributed by atoms with E-state index in [-0.39, 0.29) is 0 Å². The van der Waals surface area contributed by atoms with E-state index in [1.54, 1.807) is 0 Å². The SMILES string of the molecule is CCCCNCc1cnn(-c2cc(C)cc(C)c2)c1C. The molecule has 0 unspecified atom stereocenters. The van der Waals surface area contributed by atoms with Gasteiger partial charge in [-0.2, -0.15) is 5.10 Å².